The molecule has 2 aromatic rings. The largest absolute Gasteiger partial charge is 0.475 e. The molecule has 0 spiro atoms. The summed E-state index contributed by atoms with van der Waals surface area (Å²) in [7, 11) is 0. The summed E-state index contributed by atoms with van der Waals surface area (Å²) < 4.78 is 5.83. The SMILES string of the molecule is CCC(NC(C)O)Oc1cccc2[nH]c(=O)ccc12. The average molecular weight is 262 g/mol. The van der Waals surface area contributed by atoms with Crippen LogP contribution in [0.5, 0.6) is 5.75 Å². The second kappa shape index (κ2) is 5.86. The number of hydrogen-bond acceptors (Lipinski definition) is 4. The van der Waals surface area contributed by atoms with Crippen LogP contribution < -0.4 is 15.6 Å². The lowest BCUT2D eigenvalue weighted by Crippen LogP contribution is -2.39. The maximum atomic E-state index is 11.3. The molecule has 0 aliphatic heterocycles. The quantitative estimate of drug-likeness (QED) is 0.715. The standard InChI is InChI=1S/C14H18N2O3/c1-3-14(15-9(2)17)19-12-6-4-5-11-10(12)7-8-13(18)16-11/h4-9,14-15,17H,3H2,1-2H3,(H,16,18). The predicted molar refractivity (Wildman–Crippen MR) is 74.1 cm³/mol. The fourth-order valence-corrected chi connectivity index (χ4v) is 1.92. The maximum absolute atomic E-state index is 11.3. The van der Waals surface area contributed by atoms with E-state index >= 15 is 0 Å². The zero-order valence-electron chi connectivity index (χ0n) is 11.0. The highest BCUT2D eigenvalue weighted by atomic mass is 16.5. The second-order valence-electron chi connectivity index (χ2n) is 4.40. The summed E-state index contributed by atoms with van der Waals surface area (Å²) in [6, 6.07) is 8.69. The van der Waals surface area contributed by atoms with E-state index in [1.165, 1.54) is 6.07 Å². The van der Waals surface area contributed by atoms with Gasteiger partial charge < -0.3 is 14.8 Å². The van der Waals surface area contributed by atoms with Crippen molar-refractivity contribution < 1.29 is 9.84 Å². The Bertz CT molecular complexity index is 607. The van der Waals surface area contributed by atoms with Gasteiger partial charge in [-0.2, -0.15) is 0 Å². The molecule has 0 saturated carbocycles. The van der Waals surface area contributed by atoms with Crippen molar-refractivity contribution in [3.8, 4) is 5.75 Å². The molecule has 0 saturated heterocycles. The van der Waals surface area contributed by atoms with Crippen LogP contribution in [0.1, 0.15) is 20.3 Å². The highest BCUT2D eigenvalue weighted by molar-refractivity contribution is 5.84. The fourth-order valence-electron chi connectivity index (χ4n) is 1.92. The number of benzene rings is 1. The van der Waals surface area contributed by atoms with Crippen molar-refractivity contribution in [1.82, 2.24) is 10.3 Å². The van der Waals surface area contributed by atoms with E-state index in [2.05, 4.69) is 10.3 Å². The molecule has 19 heavy (non-hydrogen) atoms. The fraction of sp³-hybridized carbons (Fsp3) is 0.357. The van der Waals surface area contributed by atoms with E-state index in [-0.39, 0.29) is 11.8 Å². The number of aromatic amines is 1. The van der Waals surface area contributed by atoms with Crippen molar-refractivity contribution in [1.29, 1.82) is 0 Å². The predicted octanol–water partition coefficient (Wildman–Crippen LogP) is 1.57. The van der Waals surface area contributed by atoms with Gasteiger partial charge in [-0.15, -0.1) is 0 Å². The molecule has 1 aromatic heterocycles. The molecule has 5 heteroatoms. The van der Waals surface area contributed by atoms with Gasteiger partial charge in [0.05, 0.1) is 5.52 Å². The topological polar surface area (TPSA) is 74.3 Å². The Morgan fingerprint density at radius 3 is 2.84 bits per heavy atom. The summed E-state index contributed by atoms with van der Waals surface area (Å²) in [5, 5.41) is 13.1. The summed E-state index contributed by atoms with van der Waals surface area (Å²) in [6.07, 6.45) is -0.206. The molecule has 0 fully saturated rings. The molecule has 102 valence electrons. The van der Waals surface area contributed by atoms with E-state index in [0.29, 0.717) is 12.2 Å². The van der Waals surface area contributed by atoms with Crippen molar-refractivity contribution >= 4 is 10.9 Å². The summed E-state index contributed by atoms with van der Waals surface area (Å²) in [5.74, 6) is 0.675. The summed E-state index contributed by atoms with van der Waals surface area (Å²) in [5.41, 5.74) is 0.593. The van der Waals surface area contributed by atoms with Crippen LogP contribution >= 0.6 is 0 Å². The number of nitrogens with one attached hydrogen (secondary N) is 2. The zero-order valence-corrected chi connectivity index (χ0v) is 11.0. The Kier molecular flexibility index (Phi) is 4.19. The number of rotatable bonds is 5. The van der Waals surface area contributed by atoms with Crippen LogP contribution in [-0.2, 0) is 0 Å². The van der Waals surface area contributed by atoms with Crippen LogP contribution in [0, 0.1) is 0 Å². The van der Waals surface area contributed by atoms with Gasteiger partial charge in [0.2, 0.25) is 5.56 Å². The minimum atomic E-state index is -0.639. The summed E-state index contributed by atoms with van der Waals surface area (Å²) in [6.45, 7) is 3.61. The molecule has 3 N–H and O–H groups in total. The molecule has 0 aliphatic carbocycles. The number of aliphatic hydroxyl groups is 1. The van der Waals surface area contributed by atoms with Gasteiger partial charge in [-0.3, -0.25) is 10.1 Å². The van der Waals surface area contributed by atoms with Crippen LogP contribution in [0.4, 0.5) is 0 Å². The first-order valence-electron chi connectivity index (χ1n) is 6.33. The Labute approximate surface area is 111 Å². The first-order chi connectivity index (χ1) is 9.10. The normalized spacial score (nSPS) is 14.3. The number of H-pyrrole nitrogens is 1. The van der Waals surface area contributed by atoms with Crippen LogP contribution in [0.15, 0.2) is 35.1 Å². The molecule has 1 heterocycles. The minimum absolute atomic E-state index is 0.140. The number of fused-ring (bicyclic) bond motifs is 1. The maximum Gasteiger partial charge on any atom is 0.248 e. The lowest BCUT2D eigenvalue weighted by molar-refractivity contribution is 0.0660. The summed E-state index contributed by atoms with van der Waals surface area (Å²) in [4.78, 5) is 14.0. The van der Waals surface area contributed by atoms with Gasteiger partial charge in [-0.25, -0.2) is 0 Å². The molecule has 0 bridgehead atoms. The number of aromatic nitrogens is 1. The average Bonchev–Trinajstić information content (AvgIpc) is 2.37. The van der Waals surface area contributed by atoms with Gasteiger partial charge in [-0.1, -0.05) is 13.0 Å². The van der Waals surface area contributed by atoms with Gasteiger partial charge in [0.15, 0.2) is 6.23 Å². The van der Waals surface area contributed by atoms with Gasteiger partial charge in [0, 0.05) is 11.5 Å². The molecule has 1 aromatic carbocycles. The lowest BCUT2D eigenvalue weighted by Gasteiger charge is -2.21. The third kappa shape index (κ3) is 3.33. The molecule has 0 amide bonds. The Balaban J connectivity index is 2.31. The zero-order chi connectivity index (χ0) is 13.8. The van der Waals surface area contributed by atoms with E-state index < -0.39 is 6.23 Å². The van der Waals surface area contributed by atoms with Crippen LogP contribution in [-0.4, -0.2) is 22.5 Å². The van der Waals surface area contributed by atoms with Crippen molar-refractivity contribution in [3.63, 3.8) is 0 Å². The van der Waals surface area contributed by atoms with Gasteiger partial charge in [0.1, 0.15) is 12.0 Å². The van der Waals surface area contributed by atoms with E-state index in [1.54, 1.807) is 13.0 Å². The third-order valence-electron chi connectivity index (χ3n) is 2.79. The summed E-state index contributed by atoms with van der Waals surface area (Å²) >= 11 is 0. The van der Waals surface area contributed by atoms with Crippen molar-refractivity contribution in [2.75, 3.05) is 0 Å². The smallest absolute Gasteiger partial charge is 0.248 e. The van der Waals surface area contributed by atoms with Gasteiger partial charge in [0.25, 0.3) is 0 Å². The Hall–Kier alpha value is -1.85. The molecule has 5 nitrogen and oxygen atoms in total. The molecular weight excluding hydrogens is 244 g/mol. The van der Waals surface area contributed by atoms with E-state index in [9.17, 15) is 9.90 Å². The Morgan fingerprint density at radius 1 is 1.37 bits per heavy atom. The highest BCUT2D eigenvalue weighted by Gasteiger charge is 2.11. The molecule has 0 radical (unpaired) electrons. The lowest BCUT2D eigenvalue weighted by atomic mass is 10.2. The van der Waals surface area contributed by atoms with Crippen LogP contribution in [0.25, 0.3) is 10.9 Å². The Morgan fingerprint density at radius 2 is 2.16 bits per heavy atom. The highest BCUT2D eigenvalue weighted by Crippen LogP contribution is 2.24. The molecule has 2 rings (SSSR count). The van der Waals surface area contributed by atoms with Gasteiger partial charge in [-0.05, 0) is 31.5 Å². The van der Waals surface area contributed by atoms with Crippen molar-refractivity contribution in [2.45, 2.75) is 32.7 Å². The first-order valence-corrected chi connectivity index (χ1v) is 6.33. The number of pyridine rings is 1. The number of ether oxygens (including phenoxy) is 1. The van der Waals surface area contributed by atoms with Gasteiger partial charge >= 0.3 is 0 Å². The number of aliphatic hydroxyl groups excluding tert-OH is 1. The minimum Gasteiger partial charge on any atom is -0.475 e. The monoisotopic (exact) mass is 262 g/mol. The van der Waals surface area contributed by atoms with Crippen LogP contribution in [0.2, 0.25) is 0 Å². The van der Waals surface area contributed by atoms with E-state index in [1.807, 2.05) is 25.1 Å². The number of hydrogen-bond donors (Lipinski definition) is 3. The van der Waals surface area contributed by atoms with E-state index in [0.717, 1.165) is 10.9 Å². The van der Waals surface area contributed by atoms with Crippen molar-refractivity contribution in [2.24, 2.45) is 0 Å². The molecule has 0 aliphatic rings. The first kappa shape index (κ1) is 13.6. The molecule has 2 unspecified atom stereocenters. The van der Waals surface area contributed by atoms with Crippen molar-refractivity contribution in [3.05, 3.63) is 40.7 Å². The third-order valence-corrected chi connectivity index (χ3v) is 2.79. The van der Waals surface area contributed by atoms with E-state index in [4.69, 9.17) is 4.74 Å². The molecule has 2 atom stereocenters. The molecular formula is C14H18N2O3. The second-order valence-corrected chi connectivity index (χ2v) is 4.40. The van der Waals surface area contributed by atoms with Crippen LogP contribution in [0.3, 0.4) is 0 Å².